The summed E-state index contributed by atoms with van der Waals surface area (Å²) in [6.45, 7) is 3.53. The Kier molecular flexibility index (Phi) is 6.68. The highest BCUT2D eigenvalue weighted by molar-refractivity contribution is 7.84. The fraction of sp³-hybridized carbons (Fsp3) is 0.538. The van der Waals surface area contributed by atoms with Gasteiger partial charge in [0.2, 0.25) is 0 Å². The van der Waals surface area contributed by atoms with Crippen LogP contribution >= 0.6 is 11.6 Å². The molecule has 0 fully saturated rings. The molecule has 0 aliphatic heterocycles. The summed E-state index contributed by atoms with van der Waals surface area (Å²) in [5.74, 6) is 0.832. The monoisotopic (exact) mass is 289 g/mol. The quantitative estimate of drug-likeness (QED) is 0.784. The largest absolute Gasteiger partial charge is 0.496 e. The predicted octanol–water partition coefficient (Wildman–Crippen LogP) is 2.60. The molecule has 5 heteroatoms. The molecular weight excluding hydrogens is 270 g/mol. The molecule has 1 aromatic rings. The highest BCUT2D eigenvalue weighted by Gasteiger charge is 2.06. The first-order chi connectivity index (χ1) is 8.54. The lowest BCUT2D eigenvalue weighted by molar-refractivity contribution is 0.407. The lowest BCUT2D eigenvalue weighted by Crippen LogP contribution is -2.21. The Morgan fingerprint density at radius 2 is 2.22 bits per heavy atom. The molecule has 0 saturated carbocycles. The summed E-state index contributed by atoms with van der Waals surface area (Å²) in [6, 6.07) is 5.57. The number of hydrogen-bond acceptors (Lipinski definition) is 3. The van der Waals surface area contributed by atoms with Crippen LogP contribution in [0.4, 0.5) is 0 Å². The first kappa shape index (κ1) is 15.5. The summed E-state index contributed by atoms with van der Waals surface area (Å²) in [5.41, 5.74) is 1.04. The van der Waals surface area contributed by atoms with Crippen molar-refractivity contribution < 1.29 is 8.95 Å². The number of halogens is 1. The topological polar surface area (TPSA) is 38.3 Å². The molecule has 2 unspecified atom stereocenters. The summed E-state index contributed by atoms with van der Waals surface area (Å²) in [5, 5.41) is 4.24. The Bertz CT molecular complexity index is 412. The second-order valence-corrected chi connectivity index (χ2v) is 6.47. The van der Waals surface area contributed by atoms with Crippen LogP contribution in [0.2, 0.25) is 5.02 Å². The van der Waals surface area contributed by atoms with Crippen LogP contribution < -0.4 is 10.1 Å². The zero-order valence-electron chi connectivity index (χ0n) is 11.0. The van der Waals surface area contributed by atoms with Crippen LogP contribution in [-0.2, 0) is 17.3 Å². The Morgan fingerprint density at radius 3 is 2.83 bits per heavy atom. The molecule has 0 aliphatic rings. The third kappa shape index (κ3) is 4.96. The molecule has 0 heterocycles. The molecule has 1 rings (SSSR count). The molecule has 0 spiro atoms. The van der Waals surface area contributed by atoms with Gasteiger partial charge in [-0.3, -0.25) is 4.21 Å². The molecule has 1 aromatic carbocycles. The fourth-order valence-electron chi connectivity index (χ4n) is 1.58. The SMILES string of the molecule is COc1ccc(Cl)cc1CNCCC(C)S(C)=O. The van der Waals surface area contributed by atoms with Gasteiger partial charge in [0, 0.05) is 39.4 Å². The van der Waals surface area contributed by atoms with Crippen molar-refractivity contribution in [2.24, 2.45) is 0 Å². The van der Waals surface area contributed by atoms with Gasteiger partial charge in [-0.15, -0.1) is 0 Å². The molecule has 0 bridgehead atoms. The number of hydrogen-bond donors (Lipinski definition) is 1. The van der Waals surface area contributed by atoms with Gasteiger partial charge in [0.05, 0.1) is 7.11 Å². The average molecular weight is 290 g/mol. The van der Waals surface area contributed by atoms with E-state index in [4.69, 9.17) is 16.3 Å². The normalized spacial score (nSPS) is 14.2. The van der Waals surface area contributed by atoms with Crippen molar-refractivity contribution in [3.8, 4) is 5.75 Å². The second kappa shape index (κ2) is 7.77. The third-order valence-corrected chi connectivity index (χ3v) is 4.46. The van der Waals surface area contributed by atoms with E-state index in [1.54, 1.807) is 13.4 Å². The molecule has 2 atom stereocenters. The van der Waals surface area contributed by atoms with E-state index in [0.29, 0.717) is 11.6 Å². The maximum atomic E-state index is 11.2. The van der Waals surface area contributed by atoms with E-state index in [1.165, 1.54) is 0 Å². The first-order valence-electron chi connectivity index (χ1n) is 5.90. The van der Waals surface area contributed by atoms with Gasteiger partial charge in [-0.05, 0) is 31.2 Å². The van der Waals surface area contributed by atoms with E-state index >= 15 is 0 Å². The summed E-state index contributed by atoms with van der Waals surface area (Å²) >= 11 is 5.96. The van der Waals surface area contributed by atoms with Crippen molar-refractivity contribution in [2.45, 2.75) is 25.1 Å². The molecule has 1 N–H and O–H groups in total. The fourth-order valence-corrected chi connectivity index (χ4v) is 2.22. The zero-order chi connectivity index (χ0) is 13.5. The highest BCUT2D eigenvalue weighted by Crippen LogP contribution is 2.22. The van der Waals surface area contributed by atoms with Crippen molar-refractivity contribution in [1.82, 2.24) is 5.32 Å². The smallest absolute Gasteiger partial charge is 0.123 e. The maximum absolute atomic E-state index is 11.2. The minimum atomic E-state index is -0.754. The second-order valence-electron chi connectivity index (χ2n) is 4.23. The van der Waals surface area contributed by atoms with Crippen molar-refractivity contribution in [3.63, 3.8) is 0 Å². The van der Waals surface area contributed by atoms with Crippen LogP contribution in [0.3, 0.4) is 0 Å². The summed E-state index contributed by atoms with van der Waals surface area (Å²) < 4.78 is 16.5. The minimum absolute atomic E-state index is 0.221. The van der Waals surface area contributed by atoms with Gasteiger partial charge in [0.25, 0.3) is 0 Å². The maximum Gasteiger partial charge on any atom is 0.123 e. The molecule has 3 nitrogen and oxygen atoms in total. The third-order valence-electron chi connectivity index (χ3n) is 2.85. The summed E-state index contributed by atoms with van der Waals surface area (Å²) in [6.07, 6.45) is 2.64. The van der Waals surface area contributed by atoms with E-state index in [9.17, 15) is 4.21 Å². The summed E-state index contributed by atoms with van der Waals surface area (Å²) in [7, 11) is 0.894. The van der Waals surface area contributed by atoms with Crippen molar-refractivity contribution >= 4 is 22.4 Å². The Hall–Kier alpha value is -0.580. The highest BCUT2D eigenvalue weighted by atomic mass is 35.5. The van der Waals surface area contributed by atoms with Gasteiger partial charge in [-0.1, -0.05) is 18.5 Å². The molecule has 0 aromatic heterocycles. The van der Waals surface area contributed by atoms with E-state index < -0.39 is 10.8 Å². The zero-order valence-corrected chi connectivity index (χ0v) is 12.6. The molecule has 0 radical (unpaired) electrons. The minimum Gasteiger partial charge on any atom is -0.496 e. The van der Waals surface area contributed by atoms with E-state index in [2.05, 4.69) is 5.32 Å². The number of ether oxygens (including phenoxy) is 1. The van der Waals surface area contributed by atoms with Crippen LogP contribution in [0.15, 0.2) is 18.2 Å². The number of benzene rings is 1. The lowest BCUT2D eigenvalue weighted by Gasteiger charge is -2.11. The van der Waals surface area contributed by atoms with E-state index in [0.717, 1.165) is 24.3 Å². The van der Waals surface area contributed by atoms with Gasteiger partial charge >= 0.3 is 0 Å². The Balaban J connectivity index is 2.43. The van der Waals surface area contributed by atoms with Crippen LogP contribution in [0.25, 0.3) is 0 Å². The lowest BCUT2D eigenvalue weighted by atomic mass is 10.2. The number of rotatable bonds is 7. The molecule has 0 aliphatic carbocycles. The average Bonchev–Trinajstić information content (AvgIpc) is 2.34. The van der Waals surface area contributed by atoms with E-state index in [1.807, 2.05) is 25.1 Å². The van der Waals surface area contributed by atoms with Crippen LogP contribution in [0, 0.1) is 0 Å². The summed E-state index contributed by atoms with van der Waals surface area (Å²) in [4.78, 5) is 0. The first-order valence-corrected chi connectivity index (χ1v) is 7.90. The van der Waals surface area contributed by atoms with Gasteiger partial charge in [0.15, 0.2) is 0 Å². The van der Waals surface area contributed by atoms with Gasteiger partial charge < -0.3 is 10.1 Å². The number of methoxy groups -OCH3 is 1. The predicted molar refractivity (Wildman–Crippen MR) is 77.9 cm³/mol. The van der Waals surface area contributed by atoms with E-state index in [-0.39, 0.29) is 5.25 Å². The van der Waals surface area contributed by atoms with Crippen LogP contribution in [-0.4, -0.2) is 29.4 Å². The molecule has 0 saturated heterocycles. The Labute approximate surface area is 116 Å². The molecule has 102 valence electrons. The standard InChI is InChI=1S/C13H20ClNO2S/c1-10(18(3)16)6-7-15-9-11-8-12(14)4-5-13(11)17-2/h4-5,8,10,15H,6-7,9H2,1-3H3. The number of nitrogens with one attached hydrogen (secondary N) is 1. The van der Waals surface area contributed by atoms with Crippen LogP contribution in [0.1, 0.15) is 18.9 Å². The van der Waals surface area contributed by atoms with Crippen LogP contribution in [0.5, 0.6) is 5.75 Å². The van der Waals surface area contributed by atoms with Gasteiger partial charge in [-0.2, -0.15) is 0 Å². The molecular formula is C13H20ClNO2S. The van der Waals surface area contributed by atoms with Crippen molar-refractivity contribution in [3.05, 3.63) is 28.8 Å². The van der Waals surface area contributed by atoms with Crippen molar-refractivity contribution in [2.75, 3.05) is 19.9 Å². The Morgan fingerprint density at radius 1 is 1.50 bits per heavy atom. The molecule has 0 amide bonds. The van der Waals surface area contributed by atoms with Gasteiger partial charge in [0.1, 0.15) is 5.75 Å². The van der Waals surface area contributed by atoms with Crippen molar-refractivity contribution in [1.29, 1.82) is 0 Å². The molecule has 18 heavy (non-hydrogen) atoms. The van der Waals surface area contributed by atoms with Gasteiger partial charge in [-0.25, -0.2) is 0 Å².